The van der Waals surface area contributed by atoms with Crippen LogP contribution in [0.1, 0.15) is 30.9 Å². The molecule has 1 unspecified atom stereocenters. The van der Waals surface area contributed by atoms with Crippen molar-refractivity contribution in [3.8, 4) is 28.6 Å². The fraction of sp³-hybridized carbons (Fsp3) is 0.292. The summed E-state index contributed by atoms with van der Waals surface area (Å²) < 4.78 is 18.4. The van der Waals surface area contributed by atoms with E-state index in [2.05, 4.69) is 5.32 Å². The largest absolute Gasteiger partial charge is 0.493 e. The number of nitrogens with one attached hydrogen (secondary N) is 1. The van der Waals surface area contributed by atoms with E-state index in [1.54, 1.807) is 26.0 Å². The number of carbonyl (C=O) groups excluding carboxylic acids is 1. The maximum absolute atomic E-state index is 13.1. The number of rotatable bonds is 5. The van der Waals surface area contributed by atoms with E-state index in [-0.39, 0.29) is 5.78 Å². The topological polar surface area (TPSA) is 87.5 Å². The second-order valence-corrected chi connectivity index (χ2v) is 7.72. The average molecular weight is 432 g/mol. The number of nitrogens with zero attached hydrogens (tertiary/aromatic N) is 3. The molecule has 0 saturated heterocycles. The molecule has 2 heterocycles. The monoisotopic (exact) mass is 432 g/mol. The van der Waals surface area contributed by atoms with Gasteiger partial charge in [0.25, 0.3) is 0 Å². The standard InChI is InChI=1S/C24H24N4O4/c1-30-18-12-15(13-19(31-2)22(18)32-3)21-20-16(10-7-11-17(20)29)25-24-26-23(27-28(21)24)14-8-5-4-6-9-14/h4-6,8-9,12-13,21H,7,10-11H2,1-3H3,(H,25,26,27). The normalized spacial score (nSPS) is 17.3. The molecule has 1 N–H and O–H groups in total. The average Bonchev–Trinajstić information content (AvgIpc) is 3.26. The third-order valence-corrected chi connectivity index (χ3v) is 5.90. The zero-order valence-electron chi connectivity index (χ0n) is 18.2. The van der Waals surface area contributed by atoms with Gasteiger partial charge in [-0.15, -0.1) is 5.10 Å². The van der Waals surface area contributed by atoms with E-state index in [1.165, 1.54) is 0 Å². The lowest BCUT2D eigenvalue weighted by atomic mass is 9.85. The summed E-state index contributed by atoms with van der Waals surface area (Å²) in [5, 5.41) is 8.16. The Kier molecular flexibility index (Phi) is 5.05. The van der Waals surface area contributed by atoms with Gasteiger partial charge >= 0.3 is 0 Å². The van der Waals surface area contributed by atoms with E-state index in [9.17, 15) is 4.79 Å². The van der Waals surface area contributed by atoms with Crippen molar-refractivity contribution in [2.24, 2.45) is 0 Å². The van der Waals surface area contributed by atoms with Crippen LogP contribution in [-0.4, -0.2) is 41.9 Å². The minimum absolute atomic E-state index is 0.111. The van der Waals surface area contributed by atoms with Gasteiger partial charge in [0.1, 0.15) is 6.04 Å². The molecule has 2 aromatic carbocycles. The first-order chi connectivity index (χ1) is 15.6. The van der Waals surface area contributed by atoms with Crippen molar-refractivity contribution in [3.63, 3.8) is 0 Å². The molecule has 0 amide bonds. The first-order valence-corrected chi connectivity index (χ1v) is 10.5. The van der Waals surface area contributed by atoms with Crippen LogP contribution >= 0.6 is 0 Å². The molecule has 0 saturated carbocycles. The van der Waals surface area contributed by atoms with Crippen molar-refractivity contribution < 1.29 is 19.0 Å². The van der Waals surface area contributed by atoms with Crippen LogP contribution in [0.3, 0.4) is 0 Å². The lowest BCUT2D eigenvalue weighted by molar-refractivity contribution is -0.116. The fourth-order valence-electron chi connectivity index (χ4n) is 4.43. The van der Waals surface area contributed by atoms with Gasteiger partial charge in [-0.2, -0.15) is 4.98 Å². The number of ketones is 1. The molecule has 0 radical (unpaired) electrons. The zero-order valence-corrected chi connectivity index (χ0v) is 18.2. The van der Waals surface area contributed by atoms with Crippen molar-refractivity contribution in [2.75, 3.05) is 26.6 Å². The molecule has 1 atom stereocenters. The number of aromatic nitrogens is 3. The SMILES string of the molecule is COc1cc(C2C3=C(CCCC3=O)Nc3nc(-c4ccccc4)nn32)cc(OC)c1OC. The maximum Gasteiger partial charge on any atom is 0.226 e. The summed E-state index contributed by atoms with van der Waals surface area (Å²) >= 11 is 0. The molecule has 3 aromatic rings. The first-order valence-electron chi connectivity index (χ1n) is 10.5. The van der Waals surface area contributed by atoms with Gasteiger partial charge in [0.2, 0.25) is 11.7 Å². The van der Waals surface area contributed by atoms with Gasteiger partial charge in [-0.3, -0.25) is 4.79 Å². The molecule has 0 spiro atoms. The quantitative estimate of drug-likeness (QED) is 0.652. The highest BCUT2D eigenvalue weighted by atomic mass is 16.5. The second kappa shape index (κ2) is 8.03. The molecule has 0 fully saturated rings. The lowest BCUT2D eigenvalue weighted by Crippen LogP contribution is -2.31. The van der Waals surface area contributed by atoms with Crippen LogP contribution in [0.2, 0.25) is 0 Å². The summed E-state index contributed by atoms with van der Waals surface area (Å²) in [6.45, 7) is 0. The van der Waals surface area contributed by atoms with Crippen LogP contribution in [0.25, 0.3) is 11.4 Å². The highest BCUT2D eigenvalue weighted by molar-refractivity contribution is 5.99. The molecule has 1 aromatic heterocycles. The highest BCUT2D eigenvalue weighted by Crippen LogP contribution is 2.45. The van der Waals surface area contributed by atoms with Crippen molar-refractivity contribution in [1.82, 2.24) is 14.8 Å². The van der Waals surface area contributed by atoms with Gasteiger partial charge in [0, 0.05) is 23.3 Å². The Labute approximate surface area is 185 Å². The number of benzene rings is 2. The van der Waals surface area contributed by atoms with Crippen molar-refractivity contribution in [1.29, 1.82) is 0 Å². The molecule has 8 heteroatoms. The van der Waals surface area contributed by atoms with Gasteiger partial charge < -0.3 is 19.5 Å². The van der Waals surface area contributed by atoms with Gasteiger partial charge in [0.05, 0.1) is 21.3 Å². The minimum Gasteiger partial charge on any atom is -0.493 e. The molecule has 5 rings (SSSR count). The Morgan fingerprint density at radius 1 is 1.00 bits per heavy atom. The molecular formula is C24H24N4O4. The van der Waals surface area contributed by atoms with E-state index in [0.29, 0.717) is 41.0 Å². The molecule has 0 bridgehead atoms. The summed E-state index contributed by atoms with van der Waals surface area (Å²) in [5.41, 5.74) is 3.33. The van der Waals surface area contributed by atoms with E-state index in [0.717, 1.165) is 29.7 Å². The first kappa shape index (κ1) is 20.1. The number of allylic oxidation sites excluding steroid dienone is 2. The number of hydrogen-bond donors (Lipinski definition) is 1. The summed E-state index contributed by atoms with van der Waals surface area (Å²) in [5.74, 6) is 2.86. The number of ether oxygens (including phenoxy) is 3. The van der Waals surface area contributed by atoms with E-state index >= 15 is 0 Å². The number of Topliss-reactive ketones (excluding diaryl/α,β-unsaturated/α-hetero) is 1. The van der Waals surface area contributed by atoms with Crippen LogP contribution in [0.5, 0.6) is 17.2 Å². The van der Waals surface area contributed by atoms with Crippen molar-refractivity contribution in [3.05, 3.63) is 59.3 Å². The third kappa shape index (κ3) is 3.19. The predicted octanol–water partition coefficient (Wildman–Crippen LogP) is 3.99. The van der Waals surface area contributed by atoms with Crippen LogP contribution < -0.4 is 19.5 Å². The molecular weight excluding hydrogens is 408 g/mol. The molecule has 2 aliphatic rings. The molecule has 32 heavy (non-hydrogen) atoms. The smallest absolute Gasteiger partial charge is 0.226 e. The number of fused-ring (bicyclic) bond motifs is 1. The van der Waals surface area contributed by atoms with Crippen molar-refractivity contribution in [2.45, 2.75) is 25.3 Å². The lowest BCUT2D eigenvalue weighted by Gasteiger charge is -2.32. The zero-order chi connectivity index (χ0) is 22.2. The van der Waals surface area contributed by atoms with Crippen LogP contribution in [0.15, 0.2) is 53.7 Å². The predicted molar refractivity (Wildman–Crippen MR) is 119 cm³/mol. The number of carbonyl (C=O) groups is 1. The Morgan fingerprint density at radius 3 is 2.38 bits per heavy atom. The Balaban J connectivity index is 1.72. The van der Waals surface area contributed by atoms with Crippen LogP contribution in [-0.2, 0) is 4.79 Å². The van der Waals surface area contributed by atoms with Crippen molar-refractivity contribution >= 4 is 11.7 Å². The molecule has 1 aliphatic heterocycles. The second-order valence-electron chi connectivity index (χ2n) is 7.72. The Morgan fingerprint density at radius 2 is 1.72 bits per heavy atom. The van der Waals surface area contributed by atoms with Crippen LogP contribution in [0, 0.1) is 0 Å². The van der Waals surface area contributed by atoms with Gasteiger partial charge in [-0.25, -0.2) is 4.68 Å². The van der Waals surface area contributed by atoms with E-state index in [4.69, 9.17) is 24.3 Å². The number of anilines is 1. The van der Waals surface area contributed by atoms with Gasteiger partial charge in [-0.05, 0) is 30.5 Å². The summed E-state index contributed by atoms with van der Waals surface area (Å²) in [4.78, 5) is 17.8. The molecule has 164 valence electrons. The third-order valence-electron chi connectivity index (χ3n) is 5.90. The molecule has 8 nitrogen and oxygen atoms in total. The summed E-state index contributed by atoms with van der Waals surface area (Å²) in [7, 11) is 4.72. The fourth-order valence-corrected chi connectivity index (χ4v) is 4.43. The molecule has 1 aliphatic carbocycles. The minimum atomic E-state index is -0.451. The Bertz CT molecular complexity index is 1190. The van der Waals surface area contributed by atoms with Crippen LogP contribution in [0.4, 0.5) is 5.95 Å². The Hall–Kier alpha value is -3.81. The maximum atomic E-state index is 13.1. The van der Waals surface area contributed by atoms with E-state index < -0.39 is 6.04 Å². The highest BCUT2D eigenvalue weighted by Gasteiger charge is 2.37. The van der Waals surface area contributed by atoms with E-state index in [1.807, 2.05) is 42.5 Å². The summed E-state index contributed by atoms with van der Waals surface area (Å²) in [6, 6.07) is 13.1. The summed E-state index contributed by atoms with van der Waals surface area (Å²) in [6.07, 6.45) is 2.11. The number of hydrogen-bond acceptors (Lipinski definition) is 7. The van der Waals surface area contributed by atoms with Gasteiger partial charge in [0.15, 0.2) is 23.1 Å². The van der Waals surface area contributed by atoms with Gasteiger partial charge in [-0.1, -0.05) is 30.3 Å². The number of methoxy groups -OCH3 is 3.